The van der Waals surface area contributed by atoms with E-state index in [1.165, 1.54) is 5.69 Å². The van der Waals surface area contributed by atoms with E-state index in [0.717, 1.165) is 71.9 Å². The Bertz CT molecular complexity index is 540. The highest BCUT2D eigenvalue weighted by molar-refractivity contribution is 5.72. The number of rotatable bonds is 7. The lowest BCUT2D eigenvalue weighted by atomic mass is 9.98. The summed E-state index contributed by atoms with van der Waals surface area (Å²) < 4.78 is 13.0. The van der Waals surface area contributed by atoms with Crippen LogP contribution >= 0.6 is 0 Å². The Morgan fingerprint density at radius 2 is 2.08 bits per heavy atom. The van der Waals surface area contributed by atoms with E-state index < -0.39 is 0 Å². The Morgan fingerprint density at radius 3 is 2.88 bits per heavy atom. The zero-order valence-corrected chi connectivity index (χ0v) is 15.4. The average Bonchev–Trinajstić information content (AvgIpc) is 3.08. The number of esters is 1. The first-order valence-electron chi connectivity index (χ1n) is 9.59. The van der Waals surface area contributed by atoms with Crippen molar-refractivity contribution in [3.8, 4) is 0 Å². The van der Waals surface area contributed by atoms with Gasteiger partial charge in [-0.3, -0.25) is 14.6 Å². The smallest absolute Gasteiger partial charge is 0.310 e. The second-order valence-corrected chi connectivity index (χ2v) is 6.97. The summed E-state index contributed by atoms with van der Waals surface area (Å²) in [5.41, 5.74) is 1.33. The first-order valence-corrected chi connectivity index (χ1v) is 9.59. The van der Waals surface area contributed by atoms with Gasteiger partial charge in [-0.1, -0.05) is 0 Å². The van der Waals surface area contributed by atoms with Gasteiger partial charge >= 0.3 is 5.97 Å². The molecule has 0 amide bonds. The van der Waals surface area contributed by atoms with Gasteiger partial charge in [0.2, 0.25) is 0 Å². The van der Waals surface area contributed by atoms with E-state index in [2.05, 4.69) is 32.7 Å². The number of nitrogens with zero attached hydrogens (tertiary/aromatic N) is 3. The van der Waals surface area contributed by atoms with Crippen LogP contribution in [0.5, 0.6) is 0 Å². The van der Waals surface area contributed by atoms with E-state index in [4.69, 9.17) is 9.47 Å². The summed E-state index contributed by atoms with van der Waals surface area (Å²) >= 11 is 0. The van der Waals surface area contributed by atoms with Crippen LogP contribution in [0, 0.1) is 5.92 Å². The van der Waals surface area contributed by atoms with Crippen molar-refractivity contribution >= 4 is 5.97 Å². The average molecular weight is 349 g/mol. The Hall–Kier alpha value is -1.37. The topological polar surface area (TPSA) is 46.9 Å². The molecule has 0 saturated carbocycles. The standard InChI is InChI=1S/C19H31N3O3/c1-2-25-19(23)17-5-3-7-21(15-17)16-18-6-4-8-22(18)10-9-20-11-13-24-14-12-20/h4,6,8,17H,2-3,5,7,9-16H2,1H3. The van der Waals surface area contributed by atoms with E-state index in [0.29, 0.717) is 6.61 Å². The molecule has 2 aliphatic rings. The number of ether oxygens (including phenoxy) is 2. The van der Waals surface area contributed by atoms with Crippen LogP contribution in [0.25, 0.3) is 0 Å². The zero-order valence-electron chi connectivity index (χ0n) is 15.4. The summed E-state index contributed by atoms with van der Waals surface area (Å²) in [7, 11) is 0. The summed E-state index contributed by atoms with van der Waals surface area (Å²) in [5.74, 6) is 0.000335. The predicted molar refractivity (Wildman–Crippen MR) is 96.3 cm³/mol. The molecule has 1 aromatic rings. The molecule has 6 nitrogen and oxygen atoms in total. The van der Waals surface area contributed by atoms with Crippen LogP contribution < -0.4 is 0 Å². The van der Waals surface area contributed by atoms with Crippen LogP contribution in [0.1, 0.15) is 25.5 Å². The minimum Gasteiger partial charge on any atom is -0.466 e. The summed E-state index contributed by atoms with van der Waals surface area (Å²) in [4.78, 5) is 16.9. The predicted octanol–water partition coefficient (Wildman–Crippen LogP) is 1.60. The van der Waals surface area contributed by atoms with E-state index in [-0.39, 0.29) is 11.9 Å². The van der Waals surface area contributed by atoms with Gasteiger partial charge in [0, 0.05) is 51.2 Å². The normalized spacial score (nSPS) is 22.8. The van der Waals surface area contributed by atoms with Gasteiger partial charge in [-0.25, -0.2) is 0 Å². The number of aromatic nitrogens is 1. The van der Waals surface area contributed by atoms with Gasteiger partial charge in [-0.05, 0) is 38.4 Å². The molecule has 2 aliphatic heterocycles. The number of likely N-dealkylation sites (tertiary alicyclic amines) is 1. The number of carbonyl (C=O) groups excluding carboxylic acids is 1. The molecule has 0 bridgehead atoms. The third kappa shape index (κ3) is 5.30. The fourth-order valence-electron chi connectivity index (χ4n) is 3.77. The lowest BCUT2D eigenvalue weighted by Crippen LogP contribution is -2.40. The van der Waals surface area contributed by atoms with Crippen molar-refractivity contribution in [3.05, 3.63) is 24.0 Å². The maximum Gasteiger partial charge on any atom is 0.310 e. The molecule has 2 fully saturated rings. The molecule has 3 heterocycles. The highest BCUT2D eigenvalue weighted by atomic mass is 16.5. The van der Waals surface area contributed by atoms with Gasteiger partial charge in [-0.2, -0.15) is 0 Å². The maximum absolute atomic E-state index is 12.0. The molecule has 0 N–H and O–H groups in total. The molecule has 0 aliphatic carbocycles. The van der Waals surface area contributed by atoms with Crippen LogP contribution in [0.2, 0.25) is 0 Å². The highest BCUT2D eigenvalue weighted by Gasteiger charge is 2.27. The molecular weight excluding hydrogens is 318 g/mol. The summed E-state index contributed by atoms with van der Waals surface area (Å²) in [6, 6.07) is 4.33. The molecular formula is C19H31N3O3. The molecule has 25 heavy (non-hydrogen) atoms. The highest BCUT2D eigenvalue weighted by Crippen LogP contribution is 2.20. The van der Waals surface area contributed by atoms with Crippen LogP contribution in [0.4, 0.5) is 0 Å². The fraction of sp³-hybridized carbons (Fsp3) is 0.737. The maximum atomic E-state index is 12.0. The van der Waals surface area contributed by atoms with E-state index >= 15 is 0 Å². The molecule has 1 atom stereocenters. The van der Waals surface area contributed by atoms with Gasteiger partial charge in [-0.15, -0.1) is 0 Å². The van der Waals surface area contributed by atoms with Crippen molar-refractivity contribution in [1.29, 1.82) is 0 Å². The number of carbonyl (C=O) groups is 1. The van der Waals surface area contributed by atoms with Crippen molar-refractivity contribution in [2.45, 2.75) is 32.9 Å². The minimum absolute atomic E-state index is 0.0325. The fourth-order valence-corrected chi connectivity index (χ4v) is 3.77. The lowest BCUT2D eigenvalue weighted by Gasteiger charge is -2.32. The monoisotopic (exact) mass is 349 g/mol. The minimum atomic E-state index is -0.0325. The first-order chi connectivity index (χ1) is 12.3. The Labute approximate surface area is 150 Å². The van der Waals surface area contributed by atoms with Crippen LogP contribution in [-0.2, 0) is 27.4 Å². The molecule has 140 valence electrons. The van der Waals surface area contributed by atoms with Gasteiger partial charge < -0.3 is 14.0 Å². The largest absolute Gasteiger partial charge is 0.466 e. The van der Waals surface area contributed by atoms with Gasteiger partial charge in [0.1, 0.15) is 0 Å². The third-order valence-electron chi connectivity index (χ3n) is 5.20. The summed E-state index contributed by atoms with van der Waals surface area (Å²) in [6.07, 6.45) is 4.19. The van der Waals surface area contributed by atoms with E-state index in [1.54, 1.807) is 0 Å². The first kappa shape index (κ1) is 18.4. The van der Waals surface area contributed by atoms with Crippen molar-refractivity contribution in [1.82, 2.24) is 14.4 Å². The Balaban J connectivity index is 1.50. The van der Waals surface area contributed by atoms with Crippen LogP contribution in [-0.4, -0.2) is 72.9 Å². The van der Waals surface area contributed by atoms with E-state index in [1.807, 2.05) is 6.92 Å². The molecule has 2 saturated heterocycles. The summed E-state index contributed by atoms with van der Waals surface area (Å²) in [6.45, 7) is 11.0. The van der Waals surface area contributed by atoms with Crippen molar-refractivity contribution in [3.63, 3.8) is 0 Å². The van der Waals surface area contributed by atoms with Gasteiger partial charge in [0.05, 0.1) is 25.7 Å². The van der Waals surface area contributed by atoms with Crippen molar-refractivity contribution in [2.75, 3.05) is 52.5 Å². The van der Waals surface area contributed by atoms with Gasteiger partial charge in [0.15, 0.2) is 0 Å². The quantitative estimate of drug-likeness (QED) is 0.700. The van der Waals surface area contributed by atoms with E-state index in [9.17, 15) is 4.79 Å². The number of hydrogen-bond donors (Lipinski definition) is 0. The molecule has 0 aromatic carbocycles. The second kappa shape index (κ2) is 9.36. The van der Waals surface area contributed by atoms with Crippen LogP contribution in [0.3, 0.4) is 0 Å². The molecule has 6 heteroatoms. The molecule has 0 spiro atoms. The third-order valence-corrected chi connectivity index (χ3v) is 5.20. The van der Waals surface area contributed by atoms with Crippen molar-refractivity contribution in [2.24, 2.45) is 5.92 Å². The zero-order chi connectivity index (χ0) is 17.5. The van der Waals surface area contributed by atoms with Crippen molar-refractivity contribution < 1.29 is 14.3 Å². The SMILES string of the molecule is CCOC(=O)C1CCCN(Cc2cccn2CCN2CCOCC2)C1. The molecule has 0 radical (unpaired) electrons. The van der Waals surface area contributed by atoms with Gasteiger partial charge in [0.25, 0.3) is 0 Å². The lowest BCUT2D eigenvalue weighted by molar-refractivity contribution is -0.150. The Kier molecular flexibility index (Phi) is 6.90. The molecule has 1 unspecified atom stereocenters. The number of morpholine rings is 1. The summed E-state index contributed by atoms with van der Waals surface area (Å²) in [5, 5.41) is 0. The number of hydrogen-bond acceptors (Lipinski definition) is 5. The molecule has 3 rings (SSSR count). The molecule has 1 aromatic heterocycles. The number of piperidine rings is 1. The van der Waals surface area contributed by atoms with Crippen LogP contribution in [0.15, 0.2) is 18.3 Å². The second-order valence-electron chi connectivity index (χ2n) is 6.97. The Morgan fingerprint density at radius 1 is 1.24 bits per heavy atom.